The maximum Gasteiger partial charge on any atom is 0.408 e. The monoisotopic (exact) mass is 286 g/mol. The van der Waals surface area contributed by atoms with E-state index < -0.39 is 5.60 Å². The van der Waals surface area contributed by atoms with E-state index in [2.05, 4.69) is 10.2 Å². The van der Waals surface area contributed by atoms with Crippen molar-refractivity contribution in [2.45, 2.75) is 64.7 Å². The van der Waals surface area contributed by atoms with Gasteiger partial charge in [-0.2, -0.15) is 0 Å². The fraction of sp³-hybridized carbons (Fsp3) is 0.933. The number of ether oxygens (including phenoxy) is 2. The SMILES string of the molecule is COC1CCN(CC(C)(C)NC(=O)OC(C)(C)C)CC1. The number of alkyl carbamates (subject to hydrolysis) is 1. The van der Waals surface area contributed by atoms with Crippen LogP contribution in [0.4, 0.5) is 4.79 Å². The van der Waals surface area contributed by atoms with Crippen LogP contribution >= 0.6 is 0 Å². The van der Waals surface area contributed by atoms with E-state index >= 15 is 0 Å². The number of hydrogen-bond donors (Lipinski definition) is 1. The van der Waals surface area contributed by atoms with Gasteiger partial charge in [-0.15, -0.1) is 0 Å². The molecule has 0 aromatic rings. The zero-order valence-corrected chi connectivity index (χ0v) is 13.8. The average Bonchev–Trinajstić information content (AvgIpc) is 2.25. The number of nitrogens with one attached hydrogen (secondary N) is 1. The first kappa shape index (κ1) is 17.2. The van der Waals surface area contributed by atoms with E-state index in [0.717, 1.165) is 32.5 Å². The minimum Gasteiger partial charge on any atom is -0.444 e. The molecular weight excluding hydrogens is 256 g/mol. The zero-order chi connectivity index (χ0) is 15.4. The fourth-order valence-electron chi connectivity index (χ4n) is 2.48. The lowest BCUT2D eigenvalue weighted by molar-refractivity contribution is 0.0274. The van der Waals surface area contributed by atoms with E-state index in [4.69, 9.17) is 9.47 Å². The summed E-state index contributed by atoms with van der Waals surface area (Å²) in [5.41, 5.74) is -0.765. The molecule has 1 saturated heterocycles. The van der Waals surface area contributed by atoms with Crippen LogP contribution in [0.3, 0.4) is 0 Å². The second-order valence-electron chi connectivity index (χ2n) is 7.22. The molecular formula is C15H30N2O3. The molecule has 0 aromatic heterocycles. The van der Waals surface area contributed by atoms with Gasteiger partial charge in [-0.25, -0.2) is 4.79 Å². The number of carbonyl (C=O) groups is 1. The summed E-state index contributed by atoms with van der Waals surface area (Å²) < 4.78 is 10.7. The maximum atomic E-state index is 11.8. The predicted molar refractivity (Wildman–Crippen MR) is 79.9 cm³/mol. The van der Waals surface area contributed by atoms with Gasteiger partial charge in [-0.3, -0.25) is 0 Å². The summed E-state index contributed by atoms with van der Waals surface area (Å²) in [7, 11) is 1.77. The van der Waals surface area contributed by atoms with Crippen molar-refractivity contribution < 1.29 is 14.3 Å². The maximum absolute atomic E-state index is 11.8. The van der Waals surface area contributed by atoms with E-state index in [9.17, 15) is 4.79 Å². The first-order valence-corrected chi connectivity index (χ1v) is 7.38. The first-order valence-electron chi connectivity index (χ1n) is 7.38. The van der Waals surface area contributed by atoms with Crippen LogP contribution in [0.15, 0.2) is 0 Å². The Balaban J connectivity index is 2.39. The minimum atomic E-state index is -0.461. The molecule has 1 aliphatic heterocycles. The van der Waals surface area contributed by atoms with Crippen molar-refractivity contribution in [2.24, 2.45) is 0 Å². The second-order valence-corrected chi connectivity index (χ2v) is 7.22. The number of methoxy groups -OCH3 is 1. The van der Waals surface area contributed by atoms with Gasteiger partial charge in [0.05, 0.1) is 11.6 Å². The van der Waals surface area contributed by atoms with Gasteiger partial charge in [-0.1, -0.05) is 0 Å². The van der Waals surface area contributed by atoms with Crippen LogP contribution in [-0.2, 0) is 9.47 Å². The summed E-state index contributed by atoms with van der Waals surface area (Å²) in [6.07, 6.45) is 2.14. The van der Waals surface area contributed by atoms with Gasteiger partial charge >= 0.3 is 6.09 Å². The number of amides is 1. The molecule has 0 atom stereocenters. The molecule has 0 radical (unpaired) electrons. The molecule has 0 aliphatic carbocycles. The van der Waals surface area contributed by atoms with Crippen LogP contribution < -0.4 is 5.32 Å². The summed E-state index contributed by atoms with van der Waals surface area (Å²) in [6.45, 7) is 12.5. The third-order valence-corrected chi connectivity index (χ3v) is 3.33. The van der Waals surface area contributed by atoms with Crippen molar-refractivity contribution >= 4 is 6.09 Å². The van der Waals surface area contributed by atoms with Crippen LogP contribution in [0.25, 0.3) is 0 Å². The van der Waals surface area contributed by atoms with E-state index in [1.807, 2.05) is 34.6 Å². The highest BCUT2D eigenvalue weighted by atomic mass is 16.6. The quantitative estimate of drug-likeness (QED) is 0.862. The molecule has 1 aliphatic rings. The summed E-state index contributed by atoms with van der Waals surface area (Å²) in [6, 6.07) is 0. The molecule has 1 fully saturated rings. The molecule has 1 N–H and O–H groups in total. The molecule has 1 amide bonds. The van der Waals surface area contributed by atoms with Crippen LogP contribution in [0.5, 0.6) is 0 Å². The Labute approximate surface area is 123 Å². The Bertz CT molecular complexity index is 316. The molecule has 118 valence electrons. The van der Waals surface area contributed by atoms with Crippen molar-refractivity contribution in [1.29, 1.82) is 0 Å². The lowest BCUT2D eigenvalue weighted by Crippen LogP contribution is -2.54. The molecule has 0 unspecified atom stereocenters. The second kappa shape index (κ2) is 6.76. The summed E-state index contributed by atoms with van der Waals surface area (Å²) in [4.78, 5) is 14.2. The van der Waals surface area contributed by atoms with E-state index in [-0.39, 0.29) is 11.6 Å². The molecule has 5 nitrogen and oxygen atoms in total. The molecule has 0 bridgehead atoms. The number of rotatable bonds is 4. The van der Waals surface area contributed by atoms with Crippen molar-refractivity contribution in [1.82, 2.24) is 10.2 Å². The Morgan fingerprint density at radius 1 is 1.20 bits per heavy atom. The van der Waals surface area contributed by atoms with Crippen LogP contribution in [0, 0.1) is 0 Å². The summed E-state index contributed by atoms with van der Waals surface area (Å²) in [5.74, 6) is 0. The topological polar surface area (TPSA) is 50.8 Å². The Morgan fingerprint density at radius 2 is 1.75 bits per heavy atom. The van der Waals surface area contributed by atoms with Crippen molar-refractivity contribution in [3.8, 4) is 0 Å². The van der Waals surface area contributed by atoms with Crippen LogP contribution in [0.2, 0.25) is 0 Å². The summed E-state index contributed by atoms with van der Waals surface area (Å²) in [5, 5.41) is 2.95. The van der Waals surface area contributed by atoms with Crippen LogP contribution in [0.1, 0.15) is 47.5 Å². The highest BCUT2D eigenvalue weighted by Crippen LogP contribution is 2.16. The summed E-state index contributed by atoms with van der Waals surface area (Å²) >= 11 is 0. The number of piperidine rings is 1. The van der Waals surface area contributed by atoms with Crippen molar-refractivity contribution in [2.75, 3.05) is 26.7 Å². The van der Waals surface area contributed by atoms with Gasteiger partial charge < -0.3 is 19.7 Å². The first-order chi connectivity index (χ1) is 9.11. The van der Waals surface area contributed by atoms with Crippen molar-refractivity contribution in [3.05, 3.63) is 0 Å². The van der Waals surface area contributed by atoms with Crippen molar-refractivity contribution in [3.63, 3.8) is 0 Å². The van der Waals surface area contributed by atoms with Crippen LogP contribution in [-0.4, -0.2) is 55.0 Å². The van der Waals surface area contributed by atoms with E-state index in [0.29, 0.717) is 6.10 Å². The molecule has 20 heavy (non-hydrogen) atoms. The minimum absolute atomic E-state index is 0.303. The lowest BCUT2D eigenvalue weighted by Gasteiger charge is -2.37. The Morgan fingerprint density at radius 3 is 2.20 bits per heavy atom. The lowest BCUT2D eigenvalue weighted by atomic mass is 10.0. The average molecular weight is 286 g/mol. The fourth-order valence-corrected chi connectivity index (χ4v) is 2.48. The van der Waals surface area contributed by atoms with E-state index in [1.165, 1.54) is 0 Å². The molecule has 5 heteroatoms. The van der Waals surface area contributed by atoms with Gasteiger partial charge in [0.15, 0.2) is 0 Å². The number of hydrogen-bond acceptors (Lipinski definition) is 4. The number of nitrogens with zero attached hydrogens (tertiary/aromatic N) is 1. The normalized spacial score (nSPS) is 18.9. The standard InChI is InChI=1S/C15H30N2O3/c1-14(2,3)20-13(18)16-15(4,5)11-17-9-7-12(19-6)8-10-17/h12H,7-11H2,1-6H3,(H,16,18). The predicted octanol–water partition coefficient (Wildman–Crippen LogP) is 2.40. The van der Waals surface area contributed by atoms with Gasteiger partial charge in [-0.05, 0) is 47.5 Å². The molecule has 0 saturated carbocycles. The number of carbonyl (C=O) groups excluding carboxylic acids is 1. The number of likely N-dealkylation sites (tertiary alicyclic amines) is 1. The Hall–Kier alpha value is -0.810. The van der Waals surface area contributed by atoms with Gasteiger partial charge in [0.2, 0.25) is 0 Å². The van der Waals surface area contributed by atoms with E-state index in [1.54, 1.807) is 7.11 Å². The highest BCUT2D eigenvalue weighted by molar-refractivity contribution is 5.68. The van der Waals surface area contributed by atoms with Gasteiger partial charge in [0.25, 0.3) is 0 Å². The zero-order valence-electron chi connectivity index (χ0n) is 13.8. The smallest absolute Gasteiger partial charge is 0.408 e. The van der Waals surface area contributed by atoms with Gasteiger partial charge in [0.1, 0.15) is 5.60 Å². The highest BCUT2D eigenvalue weighted by Gasteiger charge is 2.28. The molecule has 0 aromatic carbocycles. The molecule has 1 heterocycles. The largest absolute Gasteiger partial charge is 0.444 e. The Kier molecular flexibility index (Phi) is 5.83. The third kappa shape index (κ3) is 6.57. The third-order valence-electron chi connectivity index (χ3n) is 3.33. The molecule has 1 rings (SSSR count). The van der Waals surface area contributed by atoms with Gasteiger partial charge in [0, 0.05) is 26.7 Å². The molecule has 0 spiro atoms.